The van der Waals surface area contributed by atoms with Crippen LogP contribution in [-0.2, 0) is 21.4 Å². The molecule has 0 aliphatic heterocycles. The zero-order valence-electron chi connectivity index (χ0n) is 17.7. The van der Waals surface area contributed by atoms with Crippen molar-refractivity contribution in [3.63, 3.8) is 0 Å². The number of halogens is 1. The number of hydrogen-bond acceptors (Lipinski definition) is 5. The van der Waals surface area contributed by atoms with Gasteiger partial charge < -0.3 is 5.32 Å². The summed E-state index contributed by atoms with van der Waals surface area (Å²) in [5.41, 5.74) is 1.18. The maximum absolute atomic E-state index is 12.8. The summed E-state index contributed by atoms with van der Waals surface area (Å²) < 4.78 is 28.0. The third-order valence-corrected chi connectivity index (χ3v) is 7.30. The molecule has 32 heavy (non-hydrogen) atoms. The molecule has 0 bridgehead atoms. The van der Waals surface area contributed by atoms with Crippen molar-refractivity contribution in [3.05, 3.63) is 76.0 Å². The minimum absolute atomic E-state index is 0.0587. The molecule has 2 aromatic carbocycles. The van der Waals surface area contributed by atoms with Crippen molar-refractivity contribution in [2.24, 2.45) is 0 Å². The van der Waals surface area contributed by atoms with Crippen LogP contribution in [0.1, 0.15) is 13.8 Å². The maximum atomic E-state index is 12.8. The van der Waals surface area contributed by atoms with Crippen LogP contribution in [0.3, 0.4) is 0 Å². The molecule has 0 saturated carbocycles. The lowest BCUT2D eigenvalue weighted by molar-refractivity contribution is -0.117. The molecular weight excluding hydrogens is 452 g/mol. The van der Waals surface area contributed by atoms with Crippen molar-refractivity contribution in [3.8, 4) is 11.3 Å². The Morgan fingerprint density at radius 2 is 1.75 bits per heavy atom. The molecule has 168 valence electrons. The predicted molar refractivity (Wildman–Crippen MR) is 124 cm³/mol. The molecule has 0 saturated heterocycles. The van der Waals surface area contributed by atoms with Gasteiger partial charge in [-0.05, 0) is 24.3 Å². The second-order valence-corrected chi connectivity index (χ2v) is 9.18. The lowest BCUT2D eigenvalue weighted by atomic mass is 10.1. The Bertz CT molecular complexity index is 1270. The summed E-state index contributed by atoms with van der Waals surface area (Å²) >= 11 is 6.13. The van der Waals surface area contributed by atoms with Crippen molar-refractivity contribution >= 4 is 33.2 Å². The van der Waals surface area contributed by atoms with Gasteiger partial charge in [-0.2, -0.15) is 9.40 Å². The number of nitrogens with zero attached hydrogens (tertiary/aromatic N) is 3. The summed E-state index contributed by atoms with van der Waals surface area (Å²) in [5.74, 6) is -0.529. The molecule has 1 N–H and O–H groups in total. The number of rotatable bonds is 8. The van der Waals surface area contributed by atoms with Crippen molar-refractivity contribution in [2.45, 2.75) is 25.3 Å². The van der Waals surface area contributed by atoms with Gasteiger partial charge in [-0.25, -0.2) is 13.1 Å². The van der Waals surface area contributed by atoms with Gasteiger partial charge in [0.1, 0.15) is 11.4 Å². The van der Waals surface area contributed by atoms with Crippen LogP contribution in [0.5, 0.6) is 0 Å². The van der Waals surface area contributed by atoms with Crippen LogP contribution in [0.15, 0.2) is 70.4 Å². The van der Waals surface area contributed by atoms with Crippen LogP contribution in [0.4, 0.5) is 5.69 Å². The molecule has 0 radical (unpaired) electrons. The summed E-state index contributed by atoms with van der Waals surface area (Å²) in [7, 11) is -3.81. The van der Waals surface area contributed by atoms with Crippen LogP contribution < -0.4 is 10.9 Å². The van der Waals surface area contributed by atoms with E-state index in [4.69, 9.17) is 11.6 Å². The Kier molecular flexibility index (Phi) is 7.44. The maximum Gasteiger partial charge on any atom is 0.267 e. The number of carbonyl (C=O) groups excluding carboxylic acids is 1. The third kappa shape index (κ3) is 5.24. The number of carbonyl (C=O) groups is 1. The smallest absolute Gasteiger partial charge is 0.267 e. The van der Waals surface area contributed by atoms with Gasteiger partial charge in [0.15, 0.2) is 0 Å². The highest BCUT2D eigenvalue weighted by Gasteiger charge is 2.25. The first-order chi connectivity index (χ1) is 15.3. The van der Waals surface area contributed by atoms with Gasteiger partial charge in [0.05, 0.1) is 10.7 Å². The number of hydrogen-bond donors (Lipinski definition) is 1. The first-order valence-corrected chi connectivity index (χ1v) is 11.8. The topological polar surface area (TPSA) is 101 Å². The Balaban J connectivity index is 1.82. The molecule has 1 amide bonds. The monoisotopic (exact) mass is 474 g/mol. The summed E-state index contributed by atoms with van der Waals surface area (Å²) in [6.45, 7) is 3.71. The summed E-state index contributed by atoms with van der Waals surface area (Å²) in [4.78, 5) is 24.7. The second kappa shape index (κ2) is 10.1. The largest absolute Gasteiger partial charge is 0.324 e. The average molecular weight is 475 g/mol. The molecule has 1 heterocycles. The van der Waals surface area contributed by atoms with Crippen molar-refractivity contribution in [1.82, 2.24) is 14.1 Å². The van der Waals surface area contributed by atoms with E-state index in [1.54, 1.807) is 19.9 Å². The number of sulfonamides is 1. The molecule has 0 unspecified atom stereocenters. The van der Waals surface area contributed by atoms with E-state index in [0.717, 1.165) is 10.2 Å². The SMILES string of the molecule is CCN(CC)S(=O)(=O)c1cc(NC(=O)Cn2nc(-c3ccccc3)ccc2=O)ccc1Cl. The normalized spacial score (nSPS) is 11.5. The predicted octanol–water partition coefficient (Wildman–Crippen LogP) is 3.23. The Labute approximate surface area is 191 Å². The minimum Gasteiger partial charge on any atom is -0.324 e. The van der Waals surface area contributed by atoms with E-state index in [1.807, 2.05) is 30.3 Å². The first kappa shape index (κ1) is 23.6. The lowest BCUT2D eigenvalue weighted by Gasteiger charge is -2.19. The molecule has 0 atom stereocenters. The highest BCUT2D eigenvalue weighted by atomic mass is 35.5. The second-order valence-electron chi connectivity index (χ2n) is 6.86. The number of amides is 1. The summed E-state index contributed by atoms with van der Waals surface area (Å²) in [6.07, 6.45) is 0. The van der Waals surface area contributed by atoms with Crippen molar-refractivity contribution in [2.75, 3.05) is 18.4 Å². The van der Waals surface area contributed by atoms with Gasteiger partial charge in [-0.3, -0.25) is 9.59 Å². The Hall–Kier alpha value is -3.01. The van der Waals surface area contributed by atoms with Crippen molar-refractivity contribution in [1.29, 1.82) is 0 Å². The van der Waals surface area contributed by atoms with E-state index in [9.17, 15) is 18.0 Å². The highest BCUT2D eigenvalue weighted by Crippen LogP contribution is 2.27. The Morgan fingerprint density at radius 3 is 2.41 bits per heavy atom. The number of nitrogens with one attached hydrogen (secondary N) is 1. The van der Waals surface area contributed by atoms with Crippen LogP contribution >= 0.6 is 11.6 Å². The van der Waals surface area contributed by atoms with Gasteiger partial charge >= 0.3 is 0 Å². The first-order valence-electron chi connectivity index (χ1n) is 9.99. The van der Waals surface area contributed by atoms with Gasteiger partial charge in [0, 0.05) is 30.4 Å². The van der Waals surface area contributed by atoms with E-state index in [0.29, 0.717) is 5.69 Å². The molecule has 10 heteroatoms. The fraction of sp³-hybridized carbons (Fsp3) is 0.227. The average Bonchev–Trinajstić information content (AvgIpc) is 2.77. The van der Waals surface area contributed by atoms with E-state index in [2.05, 4.69) is 10.4 Å². The van der Waals surface area contributed by atoms with Crippen LogP contribution in [0, 0.1) is 0 Å². The lowest BCUT2D eigenvalue weighted by Crippen LogP contribution is -2.31. The van der Waals surface area contributed by atoms with E-state index >= 15 is 0 Å². The molecular formula is C22H23ClN4O4S. The number of aromatic nitrogens is 2. The van der Waals surface area contributed by atoms with Crippen LogP contribution in [0.2, 0.25) is 5.02 Å². The summed E-state index contributed by atoms with van der Waals surface area (Å²) in [6, 6.07) is 16.4. The van der Waals surface area contributed by atoms with E-state index in [1.165, 1.54) is 28.6 Å². The highest BCUT2D eigenvalue weighted by molar-refractivity contribution is 7.89. The van der Waals surface area contributed by atoms with Crippen LogP contribution in [0.25, 0.3) is 11.3 Å². The van der Waals surface area contributed by atoms with Gasteiger partial charge in [0.2, 0.25) is 15.9 Å². The van der Waals surface area contributed by atoms with Gasteiger partial charge in [0.25, 0.3) is 5.56 Å². The number of benzene rings is 2. The summed E-state index contributed by atoms with van der Waals surface area (Å²) in [5, 5.41) is 6.93. The molecule has 1 aromatic heterocycles. The zero-order valence-corrected chi connectivity index (χ0v) is 19.2. The zero-order chi connectivity index (χ0) is 23.3. The van der Waals surface area contributed by atoms with Gasteiger partial charge in [-0.15, -0.1) is 0 Å². The molecule has 0 spiro atoms. The Morgan fingerprint density at radius 1 is 1.06 bits per heavy atom. The minimum atomic E-state index is -3.81. The van der Waals surface area contributed by atoms with Crippen LogP contribution in [-0.4, -0.2) is 41.5 Å². The fourth-order valence-electron chi connectivity index (χ4n) is 3.14. The fourth-order valence-corrected chi connectivity index (χ4v) is 5.10. The number of anilines is 1. The van der Waals surface area contributed by atoms with Crippen molar-refractivity contribution < 1.29 is 13.2 Å². The third-order valence-electron chi connectivity index (χ3n) is 4.77. The standard InChI is InChI=1S/C22H23ClN4O4S/c1-3-26(4-2)32(30,31)20-14-17(10-11-18(20)23)24-21(28)15-27-22(29)13-12-19(25-27)16-8-6-5-7-9-16/h5-14H,3-4,15H2,1-2H3,(H,24,28). The molecule has 8 nitrogen and oxygen atoms in total. The van der Waals surface area contributed by atoms with Gasteiger partial charge in [-0.1, -0.05) is 55.8 Å². The van der Waals surface area contributed by atoms with E-state index < -0.39 is 21.5 Å². The van der Waals surface area contributed by atoms with E-state index in [-0.39, 0.29) is 35.2 Å². The molecule has 0 fully saturated rings. The molecule has 3 aromatic rings. The molecule has 0 aliphatic carbocycles. The quantitative estimate of drug-likeness (QED) is 0.540. The molecule has 0 aliphatic rings. The molecule has 3 rings (SSSR count).